The molecule has 0 unspecified atom stereocenters. The van der Waals surface area contributed by atoms with Crippen molar-refractivity contribution >= 4 is 35.1 Å². The lowest BCUT2D eigenvalue weighted by Gasteiger charge is -2.09. The van der Waals surface area contributed by atoms with E-state index in [1.807, 2.05) is 0 Å². The van der Waals surface area contributed by atoms with Crippen LogP contribution in [0.4, 0.5) is 24.7 Å². The number of carbonyl (C=O) groups excluding carboxylic acids is 2. The maximum atomic E-state index is 12.1. The van der Waals surface area contributed by atoms with Crippen LogP contribution in [0, 0.1) is 0 Å². The number of thioether (sulfide) groups is 1. The number of amides is 2. The Bertz CT molecular complexity index is 767. The van der Waals surface area contributed by atoms with Crippen molar-refractivity contribution in [3.05, 3.63) is 36.4 Å². The van der Waals surface area contributed by atoms with Crippen molar-refractivity contribution in [2.24, 2.45) is 0 Å². The van der Waals surface area contributed by atoms with Gasteiger partial charge in [-0.15, -0.1) is 23.4 Å². The maximum Gasteiger partial charge on any atom is 0.573 e. The molecule has 1 aromatic carbocycles. The monoisotopic (exact) mass is 386 g/mol. The zero-order chi connectivity index (χ0) is 19.2. The number of nitrogens with zero attached hydrogens (tertiary/aromatic N) is 2. The SMILES string of the molecule is CC(=O)Nc1ccc(SCC(=O)Nc2ccc(OC(F)(F)F)cc2)nn1. The van der Waals surface area contributed by atoms with E-state index in [-0.39, 0.29) is 23.3 Å². The number of alkyl halides is 3. The van der Waals surface area contributed by atoms with Crippen LogP contribution in [0.2, 0.25) is 0 Å². The molecule has 0 saturated carbocycles. The van der Waals surface area contributed by atoms with Crippen molar-refractivity contribution < 1.29 is 27.5 Å². The summed E-state index contributed by atoms with van der Waals surface area (Å²) in [7, 11) is 0. The smallest absolute Gasteiger partial charge is 0.406 e. The van der Waals surface area contributed by atoms with Gasteiger partial charge < -0.3 is 15.4 Å². The van der Waals surface area contributed by atoms with E-state index in [1.54, 1.807) is 12.1 Å². The molecule has 2 amide bonds. The van der Waals surface area contributed by atoms with E-state index < -0.39 is 6.36 Å². The van der Waals surface area contributed by atoms with Gasteiger partial charge in [0.2, 0.25) is 11.8 Å². The van der Waals surface area contributed by atoms with Gasteiger partial charge in [-0.1, -0.05) is 11.8 Å². The van der Waals surface area contributed by atoms with Crippen LogP contribution in [0.15, 0.2) is 41.4 Å². The predicted molar refractivity (Wildman–Crippen MR) is 88.8 cm³/mol. The van der Waals surface area contributed by atoms with Crippen LogP contribution in [-0.4, -0.2) is 34.1 Å². The quantitative estimate of drug-likeness (QED) is 0.742. The molecule has 0 saturated heterocycles. The first-order chi connectivity index (χ1) is 12.2. The molecule has 2 rings (SSSR count). The number of carbonyl (C=O) groups is 2. The molecular weight excluding hydrogens is 373 g/mol. The van der Waals surface area contributed by atoms with E-state index in [4.69, 9.17) is 0 Å². The minimum absolute atomic E-state index is 0.0228. The summed E-state index contributed by atoms with van der Waals surface area (Å²) in [5.74, 6) is -0.695. The van der Waals surface area contributed by atoms with Crippen molar-refractivity contribution in [1.29, 1.82) is 0 Å². The minimum atomic E-state index is -4.77. The fourth-order valence-electron chi connectivity index (χ4n) is 1.72. The van der Waals surface area contributed by atoms with E-state index in [9.17, 15) is 22.8 Å². The zero-order valence-corrected chi connectivity index (χ0v) is 14.1. The molecule has 0 spiro atoms. The molecule has 1 aromatic heterocycles. The molecule has 0 aliphatic heterocycles. The number of aromatic nitrogens is 2. The molecule has 0 atom stereocenters. The minimum Gasteiger partial charge on any atom is -0.406 e. The third-order valence-electron chi connectivity index (χ3n) is 2.67. The van der Waals surface area contributed by atoms with Crippen LogP contribution in [0.5, 0.6) is 5.75 Å². The molecule has 0 aliphatic rings. The Balaban J connectivity index is 1.82. The number of hydrogen-bond donors (Lipinski definition) is 2. The van der Waals surface area contributed by atoms with E-state index in [1.165, 1.54) is 19.1 Å². The normalized spacial score (nSPS) is 10.9. The first-order valence-electron chi connectivity index (χ1n) is 7.11. The highest BCUT2D eigenvalue weighted by Crippen LogP contribution is 2.24. The summed E-state index contributed by atoms with van der Waals surface area (Å²) in [5, 5.41) is 13.1. The number of nitrogens with one attached hydrogen (secondary N) is 2. The molecule has 0 aliphatic carbocycles. The van der Waals surface area contributed by atoms with Crippen molar-refractivity contribution in [2.45, 2.75) is 18.3 Å². The third-order valence-corrected chi connectivity index (χ3v) is 3.59. The van der Waals surface area contributed by atoms with E-state index in [0.29, 0.717) is 16.5 Å². The van der Waals surface area contributed by atoms with E-state index in [0.717, 1.165) is 23.9 Å². The number of anilines is 2. The van der Waals surface area contributed by atoms with Gasteiger partial charge in [-0.3, -0.25) is 9.59 Å². The first-order valence-corrected chi connectivity index (χ1v) is 8.09. The second-order valence-electron chi connectivity index (χ2n) is 4.85. The molecule has 11 heteroatoms. The largest absolute Gasteiger partial charge is 0.573 e. The average Bonchev–Trinajstić information content (AvgIpc) is 2.54. The fourth-order valence-corrected chi connectivity index (χ4v) is 2.33. The van der Waals surface area contributed by atoms with Gasteiger partial charge in [0, 0.05) is 12.6 Å². The molecule has 0 fully saturated rings. The number of hydrogen-bond acceptors (Lipinski definition) is 6. The maximum absolute atomic E-state index is 12.1. The Morgan fingerprint density at radius 1 is 1.08 bits per heavy atom. The summed E-state index contributed by atoms with van der Waals surface area (Å²) in [4.78, 5) is 22.7. The second-order valence-corrected chi connectivity index (χ2v) is 5.84. The molecule has 2 aromatic rings. The van der Waals surface area contributed by atoms with Gasteiger partial charge in [-0.25, -0.2) is 0 Å². The molecule has 1 heterocycles. The Hall–Kier alpha value is -2.82. The van der Waals surface area contributed by atoms with Gasteiger partial charge in [-0.05, 0) is 36.4 Å². The standard InChI is InChI=1S/C15H13F3N4O3S/c1-9(23)19-12-6-7-14(22-21-12)26-8-13(24)20-10-2-4-11(5-3-10)25-15(16,17)18/h2-7H,8H2,1H3,(H,20,24)(H,19,21,23). The van der Waals surface area contributed by atoms with Crippen LogP contribution in [0.25, 0.3) is 0 Å². The molecular formula is C15H13F3N4O3S. The highest BCUT2D eigenvalue weighted by atomic mass is 32.2. The average molecular weight is 386 g/mol. The second kappa shape index (κ2) is 8.52. The third kappa shape index (κ3) is 6.97. The summed E-state index contributed by atoms with van der Waals surface area (Å²) >= 11 is 1.11. The van der Waals surface area contributed by atoms with Gasteiger partial charge in [0.15, 0.2) is 5.82 Å². The first kappa shape index (κ1) is 19.5. The Labute approximate surface area is 150 Å². The topological polar surface area (TPSA) is 93.2 Å². The van der Waals surface area contributed by atoms with Crippen LogP contribution in [-0.2, 0) is 9.59 Å². The van der Waals surface area contributed by atoms with E-state index >= 15 is 0 Å². The van der Waals surface area contributed by atoms with Crippen LogP contribution in [0.1, 0.15) is 6.92 Å². The number of benzene rings is 1. The predicted octanol–water partition coefficient (Wildman–Crippen LogP) is 3.06. The van der Waals surface area contributed by atoms with Crippen molar-refractivity contribution in [3.8, 4) is 5.75 Å². The van der Waals surface area contributed by atoms with Gasteiger partial charge in [0.05, 0.1) is 5.75 Å². The van der Waals surface area contributed by atoms with Gasteiger partial charge >= 0.3 is 6.36 Å². The number of halogens is 3. The van der Waals surface area contributed by atoms with Gasteiger partial charge in [0.1, 0.15) is 10.8 Å². The molecule has 26 heavy (non-hydrogen) atoms. The summed E-state index contributed by atoms with van der Waals surface area (Å²) in [5.41, 5.74) is 0.331. The van der Waals surface area contributed by atoms with Crippen molar-refractivity contribution in [3.63, 3.8) is 0 Å². The molecule has 0 bridgehead atoms. The lowest BCUT2D eigenvalue weighted by Crippen LogP contribution is -2.17. The molecule has 138 valence electrons. The van der Waals surface area contributed by atoms with Gasteiger partial charge in [0.25, 0.3) is 0 Å². The number of ether oxygens (including phenoxy) is 1. The zero-order valence-electron chi connectivity index (χ0n) is 13.3. The Morgan fingerprint density at radius 3 is 2.31 bits per heavy atom. The number of rotatable bonds is 6. The fraction of sp³-hybridized carbons (Fsp3) is 0.200. The summed E-state index contributed by atoms with van der Waals surface area (Å²) in [6, 6.07) is 7.94. The van der Waals surface area contributed by atoms with Crippen LogP contribution < -0.4 is 15.4 Å². The van der Waals surface area contributed by atoms with Crippen molar-refractivity contribution in [2.75, 3.05) is 16.4 Å². The Kier molecular flexibility index (Phi) is 6.39. The van der Waals surface area contributed by atoms with Crippen LogP contribution >= 0.6 is 11.8 Å². The summed E-state index contributed by atoms with van der Waals surface area (Å²) in [6.45, 7) is 1.34. The molecule has 7 nitrogen and oxygen atoms in total. The highest BCUT2D eigenvalue weighted by molar-refractivity contribution is 7.99. The van der Waals surface area contributed by atoms with Crippen molar-refractivity contribution in [1.82, 2.24) is 10.2 Å². The highest BCUT2D eigenvalue weighted by Gasteiger charge is 2.30. The lowest BCUT2D eigenvalue weighted by atomic mass is 10.3. The molecule has 0 radical (unpaired) electrons. The van der Waals surface area contributed by atoms with Crippen LogP contribution in [0.3, 0.4) is 0 Å². The summed E-state index contributed by atoms with van der Waals surface area (Å²) < 4.78 is 40.0. The lowest BCUT2D eigenvalue weighted by molar-refractivity contribution is -0.274. The Morgan fingerprint density at radius 2 is 1.77 bits per heavy atom. The van der Waals surface area contributed by atoms with Gasteiger partial charge in [-0.2, -0.15) is 0 Å². The molecule has 2 N–H and O–H groups in total. The van der Waals surface area contributed by atoms with E-state index in [2.05, 4.69) is 25.6 Å². The summed E-state index contributed by atoms with van der Waals surface area (Å²) in [6.07, 6.45) is -4.77.